The molecule has 0 saturated carbocycles. The number of ether oxygens (including phenoxy) is 2. The summed E-state index contributed by atoms with van der Waals surface area (Å²) in [6.07, 6.45) is 0. The van der Waals surface area contributed by atoms with Crippen molar-refractivity contribution in [3.05, 3.63) is 63.1 Å². The molecule has 0 aliphatic heterocycles. The Morgan fingerprint density at radius 3 is 2.27 bits per heavy atom. The summed E-state index contributed by atoms with van der Waals surface area (Å²) in [5.41, 5.74) is 1.87. The Morgan fingerprint density at radius 1 is 0.955 bits per heavy atom. The van der Waals surface area contributed by atoms with Crippen LogP contribution in [0.5, 0.6) is 5.75 Å². The lowest BCUT2D eigenvalue weighted by molar-refractivity contribution is 0.0597. The number of aryl methyl sites for hydroxylation is 1. The van der Waals surface area contributed by atoms with Crippen molar-refractivity contribution in [2.45, 2.75) is 6.92 Å². The van der Waals surface area contributed by atoms with Gasteiger partial charge in [0.15, 0.2) is 5.78 Å². The van der Waals surface area contributed by atoms with Crippen molar-refractivity contribution in [3.63, 3.8) is 0 Å². The van der Waals surface area contributed by atoms with E-state index >= 15 is 0 Å². The smallest absolute Gasteiger partial charge is 0.338 e. The number of carbonyl (C=O) groups is 2. The van der Waals surface area contributed by atoms with E-state index in [1.165, 1.54) is 14.2 Å². The van der Waals surface area contributed by atoms with E-state index in [0.29, 0.717) is 15.8 Å². The zero-order valence-corrected chi connectivity index (χ0v) is 14.1. The second-order valence-corrected chi connectivity index (χ2v) is 5.63. The van der Waals surface area contributed by atoms with E-state index in [1.54, 1.807) is 30.3 Å². The molecule has 0 atom stereocenters. The molecular formula is C17H15BrO4. The van der Waals surface area contributed by atoms with Gasteiger partial charge in [0.25, 0.3) is 0 Å². The van der Waals surface area contributed by atoms with Gasteiger partial charge in [-0.05, 0) is 42.8 Å². The van der Waals surface area contributed by atoms with Gasteiger partial charge in [0.1, 0.15) is 5.75 Å². The molecule has 0 heterocycles. The van der Waals surface area contributed by atoms with E-state index in [9.17, 15) is 9.59 Å². The van der Waals surface area contributed by atoms with E-state index in [0.717, 1.165) is 5.56 Å². The molecule has 114 valence electrons. The Bertz CT molecular complexity index is 737. The quantitative estimate of drug-likeness (QED) is 0.613. The molecular weight excluding hydrogens is 348 g/mol. The topological polar surface area (TPSA) is 52.6 Å². The lowest BCUT2D eigenvalue weighted by Crippen LogP contribution is -2.12. The zero-order chi connectivity index (χ0) is 16.3. The molecule has 2 aromatic rings. The summed E-state index contributed by atoms with van der Waals surface area (Å²) in [6, 6.07) is 10.2. The third-order valence-electron chi connectivity index (χ3n) is 3.23. The maximum absolute atomic E-state index is 12.8. The molecule has 0 aromatic heterocycles. The van der Waals surface area contributed by atoms with Gasteiger partial charge in [-0.1, -0.05) is 22.0 Å². The molecule has 0 amide bonds. The average Bonchev–Trinajstić information content (AvgIpc) is 2.53. The Hall–Kier alpha value is -2.14. The molecule has 0 aliphatic rings. The van der Waals surface area contributed by atoms with E-state index in [-0.39, 0.29) is 16.9 Å². The van der Waals surface area contributed by atoms with Gasteiger partial charge in [0.2, 0.25) is 0 Å². The monoisotopic (exact) mass is 362 g/mol. The molecule has 0 radical (unpaired) electrons. The van der Waals surface area contributed by atoms with Crippen molar-refractivity contribution < 1.29 is 19.1 Å². The van der Waals surface area contributed by atoms with E-state index in [4.69, 9.17) is 9.47 Å². The summed E-state index contributed by atoms with van der Waals surface area (Å²) in [6.45, 7) is 1.91. The standard InChI is InChI=1S/C17H15BrO4/c1-10-4-6-13(15(8-10)21-2)16(19)12-7-5-11(18)9-14(12)17(20)22-3/h4-9H,1-3H3. The lowest BCUT2D eigenvalue weighted by atomic mass is 9.97. The van der Waals surface area contributed by atoms with Gasteiger partial charge in [0.05, 0.1) is 25.3 Å². The number of hydrogen-bond acceptors (Lipinski definition) is 4. The van der Waals surface area contributed by atoms with Crippen molar-refractivity contribution in [2.24, 2.45) is 0 Å². The van der Waals surface area contributed by atoms with Gasteiger partial charge < -0.3 is 9.47 Å². The van der Waals surface area contributed by atoms with Gasteiger partial charge in [-0.3, -0.25) is 4.79 Å². The molecule has 0 fully saturated rings. The second-order valence-electron chi connectivity index (χ2n) is 4.71. The van der Waals surface area contributed by atoms with E-state index < -0.39 is 5.97 Å². The first-order chi connectivity index (χ1) is 10.5. The van der Waals surface area contributed by atoms with Gasteiger partial charge in [-0.2, -0.15) is 0 Å². The Morgan fingerprint density at radius 2 is 1.64 bits per heavy atom. The summed E-state index contributed by atoms with van der Waals surface area (Å²) < 4.78 is 10.7. The van der Waals surface area contributed by atoms with Crippen LogP contribution in [0.4, 0.5) is 0 Å². The number of carbonyl (C=O) groups excluding carboxylic acids is 2. The molecule has 0 unspecified atom stereocenters. The predicted octanol–water partition coefficient (Wildman–Crippen LogP) is 3.78. The van der Waals surface area contributed by atoms with Crippen molar-refractivity contribution in [2.75, 3.05) is 14.2 Å². The summed E-state index contributed by atoms with van der Waals surface area (Å²) >= 11 is 3.29. The van der Waals surface area contributed by atoms with Crippen LogP contribution < -0.4 is 4.74 Å². The van der Waals surface area contributed by atoms with E-state index in [1.807, 2.05) is 13.0 Å². The second kappa shape index (κ2) is 6.75. The Balaban J connectivity index is 2.57. The minimum absolute atomic E-state index is 0.213. The van der Waals surface area contributed by atoms with E-state index in [2.05, 4.69) is 15.9 Å². The predicted molar refractivity (Wildman–Crippen MR) is 86.6 cm³/mol. The van der Waals surface area contributed by atoms with Gasteiger partial charge in [-0.25, -0.2) is 4.79 Å². The van der Waals surface area contributed by atoms with Crippen LogP contribution in [0.3, 0.4) is 0 Å². The first kappa shape index (κ1) is 16.2. The highest BCUT2D eigenvalue weighted by Gasteiger charge is 2.21. The molecule has 22 heavy (non-hydrogen) atoms. The number of halogens is 1. The molecule has 0 saturated heterocycles. The first-order valence-electron chi connectivity index (χ1n) is 6.55. The van der Waals surface area contributed by atoms with Crippen molar-refractivity contribution in [1.82, 2.24) is 0 Å². The number of hydrogen-bond donors (Lipinski definition) is 0. The molecule has 5 heteroatoms. The van der Waals surface area contributed by atoms with Gasteiger partial charge >= 0.3 is 5.97 Å². The molecule has 2 aromatic carbocycles. The number of ketones is 1. The minimum Gasteiger partial charge on any atom is -0.496 e. The Kier molecular flexibility index (Phi) is 4.98. The summed E-state index contributed by atoms with van der Waals surface area (Å²) in [5.74, 6) is -0.371. The highest BCUT2D eigenvalue weighted by Crippen LogP contribution is 2.26. The third-order valence-corrected chi connectivity index (χ3v) is 3.73. The van der Waals surface area contributed by atoms with Crippen LogP contribution in [0, 0.1) is 6.92 Å². The fourth-order valence-electron chi connectivity index (χ4n) is 2.12. The van der Waals surface area contributed by atoms with Crippen molar-refractivity contribution in [1.29, 1.82) is 0 Å². The minimum atomic E-state index is -0.560. The lowest BCUT2D eigenvalue weighted by Gasteiger charge is -2.11. The molecule has 0 spiro atoms. The largest absolute Gasteiger partial charge is 0.496 e. The summed E-state index contributed by atoms with van der Waals surface area (Å²) in [4.78, 5) is 24.7. The maximum Gasteiger partial charge on any atom is 0.338 e. The van der Waals surface area contributed by atoms with Crippen molar-refractivity contribution in [3.8, 4) is 5.75 Å². The molecule has 0 bridgehead atoms. The number of methoxy groups -OCH3 is 2. The molecule has 0 N–H and O–H groups in total. The summed E-state index contributed by atoms with van der Waals surface area (Å²) in [5, 5.41) is 0. The average molecular weight is 363 g/mol. The van der Waals surface area contributed by atoms with Gasteiger partial charge in [0, 0.05) is 10.0 Å². The van der Waals surface area contributed by atoms with Crippen LogP contribution in [-0.4, -0.2) is 26.0 Å². The molecule has 0 aliphatic carbocycles. The third kappa shape index (κ3) is 3.20. The highest BCUT2D eigenvalue weighted by molar-refractivity contribution is 9.10. The molecule has 2 rings (SSSR count). The van der Waals surface area contributed by atoms with Crippen LogP contribution in [0.1, 0.15) is 31.8 Å². The normalized spacial score (nSPS) is 10.2. The fraction of sp³-hybridized carbons (Fsp3) is 0.176. The van der Waals surface area contributed by atoms with Crippen LogP contribution in [0.2, 0.25) is 0 Å². The number of benzene rings is 2. The zero-order valence-electron chi connectivity index (χ0n) is 12.5. The van der Waals surface area contributed by atoms with Crippen LogP contribution >= 0.6 is 15.9 Å². The first-order valence-corrected chi connectivity index (χ1v) is 7.34. The highest BCUT2D eigenvalue weighted by atomic mass is 79.9. The van der Waals surface area contributed by atoms with Crippen molar-refractivity contribution >= 4 is 27.7 Å². The Labute approximate surface area is 137 Å². The van der Waals surface area contributed by atoms with Gasteiger partial charge in [-0.15, -0.1) is 0 Å². The number of rotatable bonds is 4. The SMILES string of the molecule is COC(=O)c1cc(Br)ccc1C(=O)c1ccc(C)cc1OC. The van der Waals surface area contributed by atoms with Crippen LogP contribution in [0.25, 0.3) is 0 Å². The molecule has 4 nitrogen and oxygen atoms in total. The number of esters is 1. The summed E-state index contributed by atoms with van der Waals surface area (Å²) in [7, 11) is 2.79. The van der Waals surface area contributed by atoms with Crippen LogP contribution in [0.15, 0.2) is 40.9 Å². The fourth-order valence-corrected chi connectivity index (χ4v) is 2.49. The van der Waals surface area contributed by atoms with Crippen LogP contribution in [-0.2, 0) is 4.74 Å². The maximum atomic E-state index is 12.8.